The highest BCUT2D eigenvalue weighted by Gasteiger charge is 2.33. The van der Waals surface area contributed by atoms with E-state index in [2.05, 4.69) is 15.4 Å². The minimum Gasteiger partial charge on any atom is -0.350 e. The maximum Gasteiger partial charge on any atom is 0.249 e. The van der Waals surface area contributed by atoms with E-state index in [9.17, 15) is 9.18 Å². The van der Waals surface area contributed by atoms with Crippen molar-refractivity contribution in [1.82, 2.24) is 14.8 Å². The molecule has 3 aromatic rings. The maximum atomic E-state index is 13.0. The lowest BCUT2D eigenvalue weighted by molar-refractivity contribution is -0.117. The summed E-state index contributed by atoms with van der Waals surface area (Å²) in [6, 6.07) is 5.91. The summed E-state index contributed by atoms with van der Waals surface area (Å²) in [5, 5.41) is 9.91. The van der Waals surface area contributed by atoms with Crippen LogP contribution in [0.4, 0.5) is 15.2 Å². The standard InChI is InChI=1S/C17H16FN5OS/c1-22-9-13(8-19-22)23-7-6-14(16(23)24)20-17-21-15(10-25-17)11-2-4-12(18)5-3-11/h2-5,8-10,14H,6-7H2,1H3,(H,20,21). The van der Waals surface area contributed by atoms with Gasteiger partial charge in [0.2, 0.25) is 5.91 Å². The van der Waals surface area contributed by atoms with Gasteiger partial charge in [0, 0.05) is 30.7 Å². The third-order valence-corrected chi connectivity index (χ3v) is 4.92. The summed E-state index contributed by atoms with van der Waals surface area (Å²) in [4.78, 5) is 18.8. The quantitative estimate of drug-likeness (QED) is 0.780. The van der Waals surface area contributed by atoms with Crippen molar-refractivity contribution in [3.63, 3.8) is 0 Å². The number of carbonyl (C=O) groups excluding carboxylic acids is 1. The molecule has 25 heavy (non-hydrogen) atoms. The van der Waals surface area contributed by atoms with Crippen LogP contribution in [0.15, 0.2) is 42.0 Å². The summed E-state index contributed by atoms with van der Waals surface area (Å²) in [7, 11) is 1.83. The van der Waals surface area contributed by atoms with Gasteiger partial charge in [0.1, 0.15) is 11.9 Å². The van der Waals surface area contributed by atoms with Gasteiger partial charge in [-0.3, -0.25) is 9.48 Å². The normalized spacial score (nSPS) is 17.3. The monoisotopic (exact) mass is 357 g/mol. The van der Waals surface area contributed by atoms with E-state index >= 15 is 0 Å². The van der Waals surface area contributed by atoms with Crippen LogP contribution in [-0.2, 0) is 11.8 Å². The second kappa shape index (κ2) is 6.29. The Bertz CT molecular complexity index is 904. The largest absolute Gasteiger partial charge is 0.350 e. The Morgan fingerprint density at radius 3 is 2.84 bits per heavy atom. The molecule has 8 heteroatoms. The van der Waals surface area contributed by atoms with Gasteiger partial charge in [0.25, 0.3) is 0 Å². The minimum absolute atomic E-state index is 0.0199. The molecule has 1 aromatic carbocycles. The number of hydrogen-bond donors (Lipinski definition) is 1. The highest BCUT2D eigenvalue weighted by Crippen LogP contribution is 2.28. The SMILES string of the molecule is Cn1cc(N2CCC(Nc3nc(-c4ccc(F)cc4)cs3)C2=O)cn1. The average Bonchev–Trinajstić information content (AvgIpc) is 3.31. The van der Waals surface area contributed by atoms with Gasteiger partial charge in [-0.15, -0.1) is 11.3 Å². The highest BCUT2D eigenvalue weighted by molar-refractivity contribution is 7.14. The van der Waals surface area contributed by atoms with Crippen LogP contribution in [-0.4, -0.2) is 33.3 Å². The summed E-state index contributed by atoms with van der Waals surface area (Å²) >= 11 is 1.44. The van der Waals surface area contributed by atoms with Crippen molar-refractivity contribution in [3.05, 3.63) is 47.9 Å². The van der Waals surface area contributed by atoms with Crippen molar-refractivity contribution in [2.45, 2.75) is 12.5 Å². The molecular formula is C17H16FN5OS. The lowest BCUT2D eigenvalue weighted by Gasteiger charge is -2.14. The number of carbonyl (C=O) groups is 1. The predicted octanol–water partition coefficient (Wildman–Crippen LogP) is 2.90. The summed E-state index contributed by atoms with van der Waals surface area (Å²) in [5.74, 6) is -0.254. The summed E-state index contributed by atoms with van der Waals surface area (Å²) in [5.41, 5.74) is 2.42. The Hall–Kier alpha value is -2.74. The molecule has 4 rings (SSSR count). The maximum absolute atomic E-state index is 13.0. The van der Waals surface area contributed by atoms with Gasteiger partial charge in [0.15, 0.2) is 5.13 Å². The van der Waals surface area contributed by atoms with E-state index in [1.807, 2.05) is 18.6 Å². The van der Waals surface area contributed by atoms with Gasteiger partial charge in [0.05, 0.1) is 17.6 Å². The molecule has 128 valence electrons. The van der Waals surface area contributed by atoms with Crippen molar-refractivity contribution < 1.29 is 9.18 Å². The molecule has 1 atom stereocenters. The number of anilines is 2. The number of aryl methyl sites for hydroxylation is 1. The van der Waals surface area contributed by atoms with E-state index in [0.717, 1.165) is 16.9 Å². The average molecular weight is 357 g/mol. The number of benzene rings is 1. The van der Waals surface area contributed by atoms with Gasteiger partial charge in [-0.25, -0.2) is 9.37 Å². The Balaban J connectivity index is 1.46. The van der Waals surface area contributed by atoms with Crippen LogP contribution < -0.4 is 10.2 Å². The Labute approximate surface area is 147 Å². The van der Waals surface area contributed by atoms with Crippen LogP contribution in [0.3, 0.4) is 0 Å². The molecule has 1 amide bonds. The summed E-state index contributed by atoms with van der Waals surface area (Å²) in [6.45, 7) is 0.651. The number of amides is 1. The van der Waals surface area contributed by atoms with Crippen molar-refractivity contribution in [3.8, 4) is 11.3 Å². The minimum atomic E-state index is -0.299. The second-order valence-electron chi connectivity index (χ2n) is 5.89. The van der Waals surface area contributed by atoms with Crippen molar-refractivity contribution in [2.24, 2.45) is 7.05 Å². The zero-order valence-corrected chi connectivity index (χ0v) is 14.3. The van der Waals surface area contributed by atoms with E-state index < -0.39 is 0 Å². The fourth-order valence-electron chi connectivity index (χ4n) is 2.86. The zero-order chi connectivity index (χ0) is 17.4. The predicted molar refractivity (Wildman–Crippen MR) is 95.1 cm³/mol. The number of nitrogens with zero attached hydrogens (tertiary/aromatic N) is 4. The van der Waals surface area contributed by atoms with Crippen LogP contribution in [0.5, 0.6) is 0 Å². The molecule has 0 aliphatic carbocycles. The first-order chi connectivity index (χ1) is 12.1. The Morgan fingerprint density at radius 1 is 1.32 bits per heavy atom. The lowest BCUT2D eigenvalue weighted by atomic mass is 10.2. The molecule has 0 saturated carbocycles. The number of rotatable bonds is 4. The van der Waals surface area contributed by atoms with E-state index in [1.165, 1.54) is 23.5 Å². The molecule has 0 spiro atoms. The number of nitrogens with one attached hydrogen (secondary N) is 1. The number of hydrogen-bond acceptors (Lipinski definition) is 5. The smallest absolute Gasteiger partial charge is 0.249 e. The van der Waals surface area contributed by atoms with E-state index in [1.54, 1.807) is 27.9 Å². The first-order valence-corrected chi connectivity index (χ1v) is 8.76. The van der Waals surface area contributed by atoms with Gasteiger partial charge in [-0.2, -0.15) is 5.10 Å². The van der Waals surface area contributed by atoms with Crippen LogP contribution in [0, 0.1) is 5.82 Å². The second-order valence-corrected chi connectivity index (χ2v) is 6.75. The van der Waals surface area contributed by atoms with Gasteiger partial charge >= 0.3 is 0 Å². The summed E-state index contributed by atoms with van der Waals surface area (Å²) in [6.07, 6.45) is 4.23. The third-order valence-electron chi connectivity index (χ3n) is 4.15. The molecular weight excluding hydrogens is 341 g/mol. The fraction of sp³-hybridized carbons (Fsp3) is 0.235. The van der Waals surface area contributed by atoms with Crippen molar-refractivity contribution in [2.75, 3.05) is 16.8 Å². The van der Waals surface area contributed by atoms with Crippen LogP contribution in [0.25, 0.3) is 11.3 Å². The van der Waals surface area contributed by atoms with E-state index in [0.29, 0.717) is 18.1 Å². The molecule has 1 saturated heterocycles. The van der Waals surface area contributed by atoms with Gasteiger partial charge < -0.3 is 10.2 Å². The third kappa shape index (κ3) is 3.12. The molecule has 0 radical (unpaired) electrons. The van der Waals surface area contributed by atoms with Gasteiger partial charge in [-0.05, 0) is 30.7 Å². The topological polar surface area (TPSA) is 63.1 Å². The van der Waals surface area contributed by atoms with Crippen molar-refractivity contribution >= 4 is 28.1 Å². The number of halogens is 1. The van der Waals surface area contributed by atoms with Crippen molar-refractivity contribution in [1.29, 1.82) is 0 Å². The van der Waals surface area contributed by atoms with Crippen LogP contribution in [0.1, 0.15) is 6.42 Å². The fourth-order valence-corrected chi connectivity index (χ4v) is 3.63. The van der Waals surface area contributed by atoms with E-state index in [4.69, 9.17) is 0 Å². The molecule has 0 bridgehead atoms. The zero-order valence-electron chi connectivity index (χ0n) is 13.5. The first kappa shape index (κ1) is 15.8. The Morgan fingerprint density at radius 2 is 2.12 bits per heavy atom. The number of aromatic nitrogens is 3. The molecule has 6 nitrogen and oxygen atoms in total. The van der Waals surface area contributed by atoms with Gasteiger partial charge in [-0.1, -0.05) is 0 Å². The lowest BCUT2D eigenvalue weighted by Crippen LogP contribution is -2.33. The Kier molecular flexibility index (Phi) is 3.96. The number of thiazole rings is 1. The summed E-state index contributed by atoms with van der Waals surface area (Å²) < 4.78 is 14.7. The molecule has 1 N–H and O–H groups in total. The first-order valence-electron chi connectivity index (χ1n) is 7.88. The molecule has 1 aliphatic rings. The molecule has 1 aliphatic heterocycles. The van der Waals surface area contributed by atoms with Crippen LogP contribution >= 0.6 is 11.3 Å². The molecule has 1 fully saturated rings. The molecule has 3 heterocycles. The highest BCUT2D eigenvalue weighted by atomic mass is 32.1. The molecule has 2 aromatic heterocycles. The van der Waals surface area contributed by atoms with E-state index in [-0.39, 0.29) is 17.8 Å². The molecule has 1 unspecified atom stereocenters. The van der Waals surface area contributed by atoms with Crippen LogP contribution in [0.2, 0.25) is 0 Å².